The molecule has 0 bridgehead atoms. The number of unbranched alkanes of at least 4 members (excludes halogenated alkanes) is 1. The van der Waals surface area contributed by atoms with Crippen molar-refractivity contribution in [1.29, 1.82) is 0 Å². The Morgan fingerprint density at radius 3 is 1.84 bits per heavy atom. The van der Waals surface area contributed by atoms with E-state index < -0.39 is 27.9 Å². The zero-order valence-electron chi connectivity index (χ0n) is 13.4. The molecule has 0 spiro atoms. The Bertz CT molecular complexity index is 332. The van der Waals surface area contributed by atoms with Crippen molar-refractivity contribution in [3.63, 3.8) is 0 Å². The van der Waals surface area contributed by atoms with Crippen molar-refractivity contribution in [2.75, 3.05) is 0 Å². The van der Waals surface area contributed by atoms with Gasteiger partial charge in [-0.2, -0.15) is 0 Å². The van der Waals surface area contributed by atoms with Gasteiger partial charge in [-0.05, 0) is 6.42 Å². The SMILES string of the molecule is CCCCC(=O)N(C(C(=O)[O-])[Si](C)(C)C)[Si](C)(C)C. The fourth-order valence-electron chi connectivity index (χ4n) is 2.20. The van der Waals surface area contributed by atoms with Gasteiger partial charge in [-0.25, -0.2) is 0 Å². The Hall–Kier alpha value is -0.626. The van der Waals surface area contributed by atoms with E-state index >= 15 is 0 Å². The molecule has 0 aliphatic rings. The van der Waals surface area contributed by atoms with E-state index in [2.05, 4.69) is 0 Å². The largest absolute Gasteiger partial charge is 0.548 e. The van der Waals surface area contributed by atoms with Crippen molar-refractivity contribution in [2.24, 2.45) is 0 Å². The fourth-order valence-corrected chi connectivity index (χ4v) is 7.89. The van der Waals surface area contributed by atoms with Gasteiger partial charge in [0.05, 0.1) is 19.7 Å². The number of aliphatic carboxylic acids is 1. The van der Waals surface area contributed by atoms with Crippen LogP contribution in [-0.4, -0.2) is 38.4 Å². The molecule has 0 aromatic heterocycles. The normalized spacial score (nSPS) is 14.1. The highest BCUT2D eigenvalue weighted by Crippen LogP contribution is 2.23. The minimum Gasteiger partial charge on any atom is -0.548 e. The van der Waals surface area contributed by atoms with Crippen molar-refractivity contribution in [3.8, 4) is 0 Å². The van der Waals surface area contributed by atoms with E-state index in [1.165, 1.54) is 0 Å². The Morgan fingerprint density at radius 1 is 1.11 bits per heavy atom. The van der Waals surface area contributed by atoms with Gasteiger partial charge >= 0.3 is 0 Å². The first-order valence-corrected chi connectivity index (χ1v) is 14.0. The quantitative estimate of drug-likeness (QED) is 0.674. The van der Waals surface area contributed by atoms with Gasteiger partial charge < -0.3 is 14.5 Å². The predicted octanol–water partition coefficient (Wildman–Crippen LogP) is 1.84. The molecule has 1 unspecified atom stereocenters. The van der Waals surface area contributed by atoms with Gasteiger partial charge in [0.15, 0.2) is 8.24 Å². The van der Waals surface area contributed by atoms with Crippen LogP contribution in [0, 0.1) is 0 Å². The number of rotatable bonds is 7. The molecule has 1 amide bonds. The second kappa shape index (κ2) is 6.70. The second-order valence-corrected chi connectivity index (χ2v) is 17.2. The Kier molecular flexibility index (Phi) is 6.48. The molecule has 0 radical (unpaired) electrons. The van der Waals surface area contributed by atoms with E-state index in [1.807, 2.05) is 46.2 Å². The third kappa shape index (κ3) is 5.48. The lowest BCUT2D eigenvalue weighted by Crippen LogP contribution is -2.68. The van der Waals surface area contributed by atoms with Crippen LogP contribution in [-0.2, 0) is 9.59 Å². The zero-order chi connectivity index (χ0) is 15.4. The summed E-state index contributed by atoms with van der Waals surface area (Å²) in [7, 11) is -4.08. The van der Waals surface area contributed by atoms with E-state index in [-0.39, 0.29) is 5.91 Å². The van der Waals surface area contributed by atoms with Gasteiger partial charge in [0.25, 0.3) is 0 Å². The summed E-state index contributed by atoms with van der Waals surface area (Å²) < 4.78 is 1.68. The van der Waals surface area contributed by atoms with Gasteiger partial charge in [-0.1, -0.05) is 52.6 Å². The average molecular weight is 303 g/mol. The van der Waals surface area contributed by atoms with Crippen molar-refractivity contribution < 1.29 is 14.7 Å². The summed E-state index contributed by atoms with van der Waals surface area (Å²) in [6.45, 7) is 14.0. The van der Waals surface area contributed by atoms with Crippen LogP contribution in [0.15, 0.2) is 0 Å². The molecule has 0 saturated carbocycles. The zero-order valence-corrected chi connectivity index (χ0v) is 15.4. The predicted molar refractivity (Wildman–Crippen MR) is 81.9 cm³/mol. The molecule has 0 rings (SSSR count). The van der Waals surface area contributed by atoms with Crippen molar-refractivity contribution in [1.82, 2.24) is 4.57 Å². The molecular weight excluding hydrogens is 274 g/mol. The van der Waals surface area contributed by atoms with Gasteiger partial charge in [0.1, 0.15) is 0 Å². The topological polar surface area (TPSA) is 60.4 Å². The van der Waals surface area contributed by atoms with Crippen LogP contribution in [0.5, 0.6) is 0 Å². The van der Waals surface area contributed by atoms with Gasteiger partial charge in [-0.3, -0.25) is 4.79 Å². The number of hydrogen-bond acceptors (Lipinski definition) is 3. The number of carbonyl (C=O) groups excluding carboxylic acids is 2. The van der Waals surface area contributed by atoms with Gasteiger partial charge in [0.2, 0.25) is 5.91 Å². The highest BCUT2D eigenvalue weighted by molar-refractivity contribution is 6.84. The maximum atomic E-state index is 12.4. The third-order valence-electron chi connectivity index (χ3n) is 3.04. The second-order valence-electron chi connectivity index (χ2n) is 7.13. The fraction of sp³-hybridized carbons (Fsp3) is 0.846. The number of carbonyl (C=O) groups is 2. The molecular formula is C13H28NO3Si2-. The first-order chi connectivity index (χ1) is 8.42. The van der Waals surface area contributed by atoms with E-state index in [0.29, 0.717) is 6.42 Å². The molecule has 0 heterocycles. The average Bonchev–Trinajstić information content (AvgIpc) is 2.18. The Morgan fingerprint density at radius 2 is 1.58 bits per heavy atom. The lowest BCUT2D eigenvalue weighted by Gasteiger charge is -2.46. The minimum absolute atomic E-state index is 0.0161. The molecule has 19 heavy (non-hydrogen) atoms. The van der Waals surface area contributed by atoms with Crippen LogP contribution in [0.1, 0.15) is 26.2 Å². The first kappa shape index (κ1) is 18.4. The summed E-state index contributed by atoms with van der Waals surface area (Å²) in [5.41, 5.74) is -0.719. The molecule has 0 aliphatic carbocycles. The summed E-state index contributed by atoms with van der Waals surface area (Å²) in [5, 5.41) is 11.6. The summed E-state index contributed by atoms with van der Waals surface area (Å²) in [5.74, 6) is -1.11. The molecule has 0 saturated heterocycles. The maximum Gasteiger partial charge on any atom is 0.214 e. The third-order valence-corrected chi connectivity index (χ3v) is 7.38. The lowest BCUT2D eigenvalue weighted by molar-refractivity contribution is -0.307. The Balaban J connectivity index is 5.45. The molecule has 0 fully saturated rings. The molecule has 0 aromatic carbocycles. The molecule has 0 aliphatic heterocycles. The maximum absolute atomic E-state index is 12.4. The summed E-state index contributed by atoms with van der Waals surface area (Å²) in [6, 6.07) is 0. The number of carboxylic acids is 1. The monoisotopic (exact) mass is 302 g/mol. The van der Waals surface area contributed by atoms with Gasteiger partial charge in [0, 0.05) is 6.42 Å². The number of carboxylic acid groups (broad SMARTS) is 1. The van der Waals surface area contributed by atoms with Crippen molar-refractivity contribution in [3.05, 3.63) is 0 Å². The highest BCUT2D eigenvalue weighted by atomic mass is 28.3. The standard InChI is InChI=1S/C13H29NO3Si2/c1-8-9-10-11(15)14(19(5,6)7)12(13(16)17)18(2,3)4/h12H,8-10H2,1-7H3,(H,16,17)/p-1. The molecule has 0 aromatic rings. The van der Waals surface area contributed by atoms with Crippen molar-refractivity contribution >= 4 is 28.2 Å². The van der Waals surface area contributed by atoms with Crippen LogP contribution < -0.4 is 5.11 Å². The minimum atomic E-state index is -2.05. The van der Waals surface area contributed by atoms with E-state index in [9.17, 15) is 14.7 Å². The highest BCUT2D eigenvalue weighted by Gasteiger charge is 2.41. The molecule has 1 atom stereocenters. The van der Waals surface area contributed by atoms with Crippen LogP contribution in [0.25, 0.3) is 0 Å². The summed E-state index contributed by atoms with van der Waals surface area (Å²) in [4.78, 5) is 24.0. The summed E-state index contributed by atoms with van der Waals surface area (Å²) >= 11 is 0. The lowest BCUT2D eigenvalue weighted by atomic mass is 10.2. The molecule has 6 heteroatoms. The number of amides is 1. The Labute approximate surface area is 119 Å². The first-order valence-electron chi connectivity index (χ1n) is 6.96. The van der Waals surface area contributed by atoms with Crippen molar-refractivity contribution in [2.45, 2.75) is 71.1 Å². The van der Waals surface area contributed by atoms with Crippen LogP contribution in [0.2, 0.25) is 39.3 Å². The van der Waals surface area contributed by atoms with Gasteiger partial charge in [-0.15, -0.1) is 0 Å². The van der Waals surface area contributed by atoms with Crippen LogP contribution in [0.4, 0.5) is 0 Å². The van der Waals surface area contributed by atoms with E-state index in [1.54, 1.807) is 4.57 Å². The molecule has 0 N–H and O–H groups in total. The van der Waals surface area contributed by atoms with Crippen LogP contribution in [0.3, 0.4) is 0 Å². The smallest absolute Gasteiger partial charge is 0.214 e. The number of hydrogen-bond donors (Lipinski definition) is 0. The van der Waals surface area contributed by atoms with Crippen LogP contribution >= 0.6 is 0 Å². The summed E-state index contributed by atoms with van der Waals surface area (Å²) in [6.07, 6.45) is 2.19. The molecule has 4 nitrogen and oxygen atoms in total. The number of nitrogens with zero attached hydrogens (tertiary/aromatic N) is 1. The van der Waals surface area contributed by atoms with E-state index in [4.69, 9.17) is 0 Å². The molecule has 112 valence electrons. The van der Waals surface area contributed by atoms with E-state index in [0.717, 1.165) is 12.8 Å².